The Morgan fingerprint density at radius 2 is 2.25 bits per heavy atom. The van der Waals surface area contributed by atoms with Crippen LogP contribution in [-0.4, -0.2) is 24.5 Å². The van der Waals surface area contributed by atoms with Gasteiger partial charge in [0, 0.05) is 30.2 Å². The van der Waals surface area contributed by atoms with Gasteiger partial charge in [0.05, 0.1) is 0 Å². The van der Waals surface area contributed by atoms with Crippen molar-refractivity contribution in [2.75, 3.05) is 13.6 Å². The van der Waals surface area contributed by atoms with Crippen LogP contribution in [0.5, 0.6) is 0 Å². The van der Waals surface area contributed by atoms with E-state index in [0.29, 0.717) is 12.1 Å². The zero-order valence-corrected chi connectivity index (χ0v) is 10.8. The second kappa shape index (κ2) is 5.84. The molecule has 0 unspecified atom stereocenters. The van der Waals surface area contributed by atoms with Gasteiger partial charge >= 0.3 is 6.03 Å². The highest BCUT2D eigenvalue weighted by atomic mass is 79.9. The Morgan fingerprint density at radius 1 is 1.56 bits per heavy atom. The molecule has 2 amide bonds. The number of carbonyl (C=O) groups is 1. The van der Waals surface area contributed by atoms with Gasteiger partial charge in [0.1, 0.15) is 5.82 Å². The van der Waals surface area contributed by atoms with Gasteiger partial charge < -0.3 is 10.2 Å². The van der Waals surface area contributed by atoms with Gasteiger partial charge in [-0.3, -0.25) is 0 Å². The summed E-state index contributed by atoms with van der Waals surface area (Å²) in [6.45, 7) is 2.68. The minimum atomic E-state index is -0.317. The molecule has 0 fully saturated rings. The van der Waals surface area contributed by atoms with E-state index in [1.54, 1.807) is 19.2 Å². The van der Waals surface area contributed by atoms with Gasteiger partial charge in [0.2, 0.25) is 0 Å². The van der Waals surface area contributed by atoms with Gasteiger partial charge in [-0.1, -0.05) is 15.9 Å². The van der Waals surface area contributed by atoms with E-state index >= 15 is 0 Å². The molecule has 0 atom stereocenters. The Bertz CT molecular complexity index is 384. The van der Waals surface area contributed by atoms with Gasteiger partial charge in [0.15, 0.2) is 0 Å². The molecule has 0 aliphatic carbocycles. The van der Waals surface area contributed by atoms with E-state index in [2.05, 4.69) is 21.2 Å². The molecule has 0 bridgehead atoms. The van der Waals surface area contributed by atoms with Crippen LogP contribution in [0.3, 0.4) is 0 Å². The number of amides is 2. The fourth-order valence-electron chi connectivity index (χ4n) is 1.13. The Balaban J connectivity index is 2.61. The number of nitrogens with one attached hydrogen (secondary N) is 1. The first-order valence-electron chi connectivity index (χ1n) is 4.97. The molecule has 5 heteroatoms. The third-order valence-corrected chi connectivity index (χ3v) is 2.75. The summed E-state index contributed by atoms with van der Waals surface area (Å²) in [4.78, 5) is 12.9. The van der Waals surface area contributed by atoms with E-state index in [1.807, 2.05) is 6.92 Å². The topological polar surface area (TPSA) is 32.3 Å². The molecule has 0 heterocycles. The summed E-state index contributed by atoms with van der Waals surface area (Å²) in [6, 6.07) is 4.44. The smallest absolute Gasteiger partial charge is 0.317 e. The number of benzene rings is 1. The number of nitrogens with zero attached hydrogens (tertiary/aromatic N) is 1. The van der Waals surface area contributed by atoms with Crippen molar-refractivity contribution in [3.05, 3.63) is 34.1 Å². The maximum Gasteiger partial charge on any atom is 0.317 e. The van der Waals surface area contributed by atoms with Crippen LogP contribution in [0.2, 0.25) is 0 Å². The first-order valence-corrected chi connectivity index (χ1v) is 5.76. The van der Waals surface area contributed by atoms with Crippen LogP contribution in [0.4, 0.5) is 9.18 Å². The van der Waals surface area contributed by atoms with Gasteiger partial charge in [-0.05, 0) is 25.1 Å². The summed E-state index contributed by atoms with van der Waals surface area (Å²) >= 11 is 3.26. The number of hydrogen-bond acceptors (Lipinski definition) is 1. The Kier molecular flexibility index (Phi) is 4.73. The standard InChI is InChI=1S/C11H14BrFN2O/c1-3-15(2)11(16)14-7-8-6-9(12)4-5-10(8)13/h4-6H,3,7H2,1-2H3,(H,14,16). The van der Waals surface area contributed by atoms with Crippen molar-refractivity contribution in [2.45, 2.75) is 13.5 Å². The lowest BCUT2D eigenvalue weighted by atomic mass is 10.2. The molecular formula is C11H14BrFN2O. The third-order valence-electron chi connectivity index (χ3n) is 2.26. The van der Waals surface area contributed by atoms with E-state index in [1.165, 1.54) is 11.0 Å². The number of rotatable bonds is 3. The lowest BCUT2D eigenvalue weighted by Gasteiger charge is -2.15. The summed E-state index contributed by atoms with van der Waals surface area (Å²) in [7, 11) is 1.69. The zero-order chi connectivity index (χ0) is 12.1. The lowest BCUT2D eigenvalue weighted by Crippen LogP contribution is -2.36. The summed E-state index contributed by atoms with van der Waals surface area (Å²) in [6.07, 6.45) is 0. The molecule has 16 heavy (non-hydrogen) atoms. The van der Waals surface area contributed by atoms with E-state index in [0.717, 1.165) is 4.47 Å². The molecule has 88 valence electrons. The molecule has 0 spiro atoms. The largest absolute Gasteiger partial charge is 0.334 e. The Morgan fingerprint density at radius 3 is 2.88 bits per heavy atom. The summed E-state index contributed by atoms with van der Waals surface area (Å²) in [5.74, 6) is -0.317. The van der Waals surface area contributed by atoms with Crippen molar-refractivity contribution >= 4 is 22.0 Å². The zero-order valence-electron chi connectivity index (χ0n) is 9.26. The first-order chi connectivity index (χ1) is 7.54. The van der Waals surface area contributed by atoms with Crippen molar-refractivity contribution in [1.82, 2.24) is 10.2 Å². The average Bonchev–Trinajstić information content (AvgIpc) is 2.28. The van der Waals surface area contributed by atoms with E-state index in [4.69, 9.17) is 0 Å². The molecule has 1 rings (SSSR count). The van der Waals surface area contributed by atoms with Gasteiger partial charge in [-0.2, -0.15) is 0 Å². The van der Waals surface area contributed by atoms with Crippen LogP contribution in [0, 0.1) is 5.82 Å². The van der Waals surface area contributed by atoms with Crippen molar-refractivity contribution in [2.24, 2.45) is 0 Å². The number of hydrogen-bond donors (Lipinski definition) is 1. The normalized spacial score (nSPS) is 10.0. The molecule has 0 aliphatic heterocycles. The first kappa shape index (κ1) is 13.0. The molecule has 1 aromatic carbocycles. The minimum absolute atomic E-state index is 0.189. The molecule has 3 nitrogen and oxygen atoms in total. The molecule has 0 aromatic heterocycles. The number of halogens is 2. The second-order valence-corrected chi connectivity index (χ2v) is 4.32. The lowest BCUT2D eigenvalue weighted by molar-refractivity contribution is 0.210. The monoisotopic (exact) mass is 288 g/mol. The van der Waals surface area contributed by atoms with Gasteiger partial charge in [0.25, 0.3) is 0 Å². The van der Waals surface area contributed by atoms with Crippen molar-refractivity contribution < 1.29 is 9.18 Å². The maximum absolute atomic E-state index is 13.3. The van der Waals surface area contributed by atoms with Crippen LogP contribution in [0.15, 0.2) is 22.7 Å². The number of carbonyl (C=O) groups excluding carboxylic acids is 1. The van der Waals surface area contributed by atoms with Gasteiger partial charge in [-0.25, -0.2) is 9.18 Å². The third kappa shape index (κ3) is 3.48. The Hall–Kier alpha value is -1.10. The fraction of sp³-hybridized carbons (Fsp3) is 0.364. The quantitative estimate of drug-likeness (QED) is 0.911. The highest BCUT2D eigenvalue weighted by molar-refractivity contribution is 9.10. The van der Waals surface area contributed by atoms with E-state index in [9.17, 15) is 9.18 Å². The predicted octanol–water partition coefficient (Wildman–Crippen LogP) is 2.75. The van der Waals surface area contributed by atoms with Crippen molar-refractivity contribution in [3.63, 3.8) is 0 Å². The molecule has 1 aromatic rings. The minimum Gasteiger partial charge on any atom is -0.334 e. The average molecular weight is 289 g/mol. The van der Waals surface area contributed by atoms with Crippen LogP contribution in [0.25, 0.3) is 0 Å². The van der Waals surface area contributed by atoms with Crippen LogP contribution >= 0.6 is 15.9 Å². The second-order valence-electron chi connectivity index (χ2n) is 3.41. The molecule has 0 aliphatic rings. The predicted molar refractivity (Wildman–Crippen MR) is 64.6 cm³/mol. The highest BCUT2D eigenvalue weighted by Gasteiger charge is 2.07. The van der Waals surface area contributed by atoms with E-state index < -0.39 is 0 Å². The summed E-state index contributed by atoms with van der Waals surface area (Å²) < 4.78 is 14.1. The fourth-order valence-corrected chi connectivity index (χ4v) is 1.54. The number of urea groups is 1. The Labute approximate surface area is 103 Å². The van der Waals surface area contributed by atoms with Crippen LogP contribution < -0.4 is 5.32 Å². The van der Waals surface area contributed by atoms with Gasteiger partial charge in [-0.15, -0.1) is 0 Å². The van der Waals surface area contributed by atoms with Crippen LogP contribution in [0.1, 0.15) is 12.5 Å². The maximum atomic E-state index is 13.3. The summed E-state index contributed by atoms with van der Waals surface area (Å²) in [5, 5.41) is 2.64. The van der Waals surface area contributed by atoms with E-state index in [-0.39, 0.29) is 18.4 Å². The molecule has 1 N–H and O–H groups in total. The SMILES string of the molecule is CCN(C)C(=O)NCc1cc(Br)ccc1F. The molecule has 0 radical (unpaired) electrons. The van der Waals surface area contributed by atoms with Crippen molar-refractivity contribution in [1.29, 1.82) is 0 Å². The summed E-state index contributed by atoms with van der Waals surface area (Å²) in [5.41, 5.74) is 0.465. The molecular weight excluding hydrogens is 275 g/mol. The van der Waals surface area contributed by atoms with Crippen molar-refractivity contribution in [3.8, 4) is 0 Å². The molecule has 0 saturated heterocycles. The molecule has 0 saturated carbocycles. The highest BCUT2D eigenvalue weighted by Crippen LogP contribution is 2.15. The van der Waals surface area contributed by atoms with Crippen LogP contribution in [-0.2, 0) is 6.54 Å².